The van der Waals surface area contributed by atoms with Gasteiger partial charge in [-0.05, 0) is 49.6 Å². The topological polar surface area (TPSA) is 86.8 Å². The number of sulfonamides is 1. The van der Waals surface area contributed by atoms with Gasteiger partial charge < -0.3 is 10.2 Å². The summed E-state index contributed by atoms with van der Waals surface area (Å²) in [6, 6.07) is 9.16. The summed E-state index contributed by atoms with van der Waals surface area (Å²) in [5.74, 6) is -1.82. The van der Waals surface area contributed by atoms with Gasteiger partial charge >= 0.3 is 0 Å². The third-order valence-electron chi connectivity index (χ3n) is 6.27. The number of benzene rings is 2. The number of anilines is 1. The summed E-state index contributed by atoms with van der Waals surface area (Å²) >= 11 is 12.3. The number of rotatable bonds is 9. The zero-order valence-electron chi connectivity index (χ0n) is 20.2. The van der Waals surface area contributed by atoms with E-state index in [1.807, 2.05) is 0 Å². The molecule has 1 atom stereocenters. The van der Waals surface area contributed by atoms with Gasteiger partial charge in [0.25, 0.3) is 0 Å². The first-order valence-corrected chi connectivity index (χ1v) is 14.3. The van der Waals surface area contributed by atoms with Gasteiger partial charge in [0.15, 0.2) is 0 Å². The normalized spacial score (nSPS) is 15.2. The van der Waals surface area contributed by atoms with E-state index in [-0.39, 0.29) is 24.2 Å². The predicted molar refractivity (Wildman–Crippen MR) is 140 cm³/mol. The van der Waals surface area contributed by atoms with Crippen molar-refractivity contribution >= 4 is 50.7 Å². The van der Waals surface area contributed by atoms with Crippen molar-refractivity contribution in [2.75, 3.05) is 17.1 Å². The molecule has 0 aromatic heterocycles. The van der Waals surface area contributed by atoms with Gasteiger partial charge in [0.1, 0.15) is 18.4 Å². The van der Waals surface area contributed by atoms with Crippen molar-refractivity contribution in [3.8, 4) is 0 Å². The number of amides is 2. The lowest BCUT2D eigenvalue weighted by molar-refractivity contribution is -0.139. The second kappa shape index (κ2) is 12.3. The second-order valence-corrected chi connectivity index (χ2v) is 11.7. The quantitative estimate of drug-likeness (QED) is 0.481. The van der Waals surface area contributed by atoms with Crippen LogP contribution in [-0.4, -0.2) is 50.0 Å². The van der Waals surface area contributed by atoms with Crippen LogP contribution in [-0.2, 0) is 26.2 Å². The van der Waals surface area contributed by atoms with Gasteiger partial charge in [0.05, 0.1) is 11.9 Å². The van der Waals surface area contributed by atoms with E-state index in [1.54, 1.807) is 19.1 Å². The lowest BCUT2D eigenvalue weighted by atomic mass is 9.95. The van der Waals surface area contributed by atoms with Crippen LogP contribution in [0.1, 0.15) is 44.6 Å². The molecule has 196 valence electrons. The Hall–Kier alpha value is -2.36. The van der Waals surface area contributed by atoms with Gasteiger partial charge in [-0.25, -0.2) is 12.8 Å². The number of halogens is 3. The molecule has 1 saturated carbocycles. The number of nitrogens with zero attached hydrogens (tertiary/aromatic N) is 2. The van der Waals surface area contributed by atoms with Gasteiger partial charge in [-0.2, -0.15) is 0 Å². The Labute approximate surface area is 221 Å². The first kappa shape index (κ1) is 28.2. The predicted octanol–water partition coefficient (Wildman–Crippen LogP) is 4.76. The minimum absolute atomic E-state index is 0.0238. The fourth-order valence-electron chi connectivity index (χ4n) is 4.23. The maximum Gasteiger partial charge on any atom is 0.244 e. The molecule has 0 heterocycles. The van der Waals surface area contributed by atoms with Gasteiger partial charge in [-0.3, -0.25) is 13.9 Å². The zero-order valence-corrected chi connectivity index (χ0v) is 22.5. The van der Waals surface area contributed by atoms with Gasteiger partial charge in [-0.1, -0.05) is 60.7 Å². The van der Waals surface area contributed by atoms with Crippen molar-refractivity contribution in [1.82, 2.24) is 10.2 Å². The van der Waals surface area contributed by atoms with Crippen molar-refractivity contribution in [3.63, 3.8) is 0 Å². The van der Waals surface area contributed by atoms with Crippen LogP contribution in [0.5, 0.6) is 0 Å². The summed E-state index contributed by atoms with van der Waals surface area (Å²) in [4.78, 5) is 28.0. The molecule has 2 amide bonds. The number of hydrogen-bond acceptors (Lipinski definition) is 4. The van der Waals surface area contributed by atoms with E-state index in [0.29, 0.717) is 19.9 Å². The van der Waals surface area contributed by atoms with Crippen LogP contribution in [0.25, 0.3) is 0 Å². The number of carbonyl (C=O) groups is 2. The fourth-order valence-corrected chi connectivity index (χ4v) is 5.55. The fraction of sp³-hybridized carbons (Fsp3) is 0.440. The van der Waals surface area contributed by atoms with Crippen LogP contribution in [0.15, 0.2) is 42.5 Å². The number of para-hydroxylation sites is 1. The molecular weight excluding hydrogens is 528 g/mol. The lowest BCUT2D eigenvalue weighted by Gasteiger charge is -2.33. The molecule has 1 aliphatic carbocycles. The van der Waals surface area contributed by atoms with E-state index in [1.165, 1.54) is 29.2 Å². The molecule has 0 aliphatic heterocycles. The van der Waals surface area contributed by atoms with Crippen LogP contribution in [0.2, 0.25) is 10.0 Å². The van der Waals surface area contributed by atoms with E-state index in [4.69, 9.17) is 23.2 Å². The van der Waals surface area contributed by atoms with Crippen molar-refractivity contribution in [2.24, 2.45) is 0 Å². The average molecular weight is 559 g/mol. The summed E-state index contributed by atoms with van der Waals surface area (Å²) in [5.41, 5.74) is 0.278. The second-order valence-electron chi connectivity index (χ2n) is 9.00. The van der Waals surface area contributed by atoms with Crippen LogP contribution < -0.4 is 9.62 Å². The average Bonchev–Trinajstić information content (AvgIpc) is 2.82. The maximum atomic E-state index is 14.5. The third-order valence-corrected chi connectivity index (χ3v) is 7.99. The molecule has 11 heteroatoms. The monoisotopic (exact) mass is 557 g/mol. The summed E-state index contributed by atoms with van der Waals surface area (Å²) in [7, 11) is -4.02. The smallest absolute Gasteiger partial charge is 0.244 e. The molecule has 0 bridgehead atoms. The molecule has 7 nitrogen and oxygen atoms in total. The molecule has 2 aromatic carbocycles. The molecule has 1 aliphatic rings. The standard InChI is InChI=1S/C25H30Cl2FN3O4S/c1-17(25(33)29-20-8-4-3-5-9-20)30(15-18-12-13-19(26)14-21(18)27)24(32)16-31(36(2,34)35)23-11-7-6-10-22(23)28/h6-7,10-14,17,20H,3-5,8-9,15-16H2,1-2H3,(H,29,33). The Morgan fingerprint density at radius 3 is 2.39 bits per heavy atom. The first-order valence-electron chi connectivity index (χ1n) is 11.7. The minimum Gasteiger partial charge on any atom is -0.352 e. The minimum atomic E-state index is -4.02. The van der Waals surface area contributed by atoms with Crippen molar-refractivity contribution in [2.45, 2.75) is 57.7 Å². The Kier molecular flexibility index (Phi) is 9.60. The highest BCUT2D eigenvalue weighted by Crippen LogP contribution is 2.25. The van der Waals surface area contributed by atoms with Crippen LogP contribution >= 0.6 is 23.2 Å². The number of hydrogen-bond donors (Lipinski definition) is 1. The third kappa shape index (κ3) is 7.33. The molecule has 1 N–H and O–H groups in total. The molecule has 0 saturated heterocycles. The van der Waals surface area contributed by atoms with Crippen molar-refractivity contribution in [1.29, 1.82) is 0 Å². The molecule has 36 heavy (non-hydrogen) atoms. The first-order chi connectivity index (χ1) is 17.0. The molecule has 2 aromatic rings. The van der Waals surface area contributed by atoms with E-state index in [0.717, 1.165) is 44.4 Å². The van der Waals surface area contributed by atoms with Gasteiger partial charge in [-0.15, -0.1) is 0 Å². The van der Waals surface area contributed by atoms with Crippen LogP contribution in [0, 0.1) is 5.82 Å². The van der Waals surface area contributed by atoms with Gasteiger partial charge in [0, 0.05) is 22.6 Å². The molecule has 0 radical (unpaired) electrons. The molecule has 1 fully saturated rings. The molecule has 0 spiro atoms. The van der Waals surface area contributed by atoms with Gasteiger partial charge in [0.2, 0.25) is 21.8 Å². The summed E-state index contributed by atoms with van der Waals surface area (Å²) < 4.78 is 40.2. The SMILES string of the molecule is CC(C(=O)NC1CCCCC1)N(Cc1ccc(Cl)cc1Cl)C(=O)CN(c1ccccc1F)S(C)(=O)=O. The maximum absolute atomic E-state index is 14.5. The molecular formula is C25H30Cl2FN3O4S. The van der Waals surface area contributed by atoms with Crippen molar-refractivity contribution < 1.29 is 22.4 Å². The highest BCUT2D eigenvalue weighted by molar-refractivity contribution is 7.92. The highest BCUT2D eigenvalue weighted by Gasteiger charge is 2.32. The molecule has 3 rings (SSSR count). The van der Waals surface area contributed by atoms with E-state index in [2.05, 4.69) is 5.32 Å². The number of nitrogens with one attached hydrogen (secondary N) is 1. The van der Waals surface area contributed by atoms with E-state index in [9.17, 15) is 22.4 Å². The molecule has 1 unspecified atom stereocenters. The Morgan fingerprint density at radius 1 is 1.11 bits per heavy atom. The van der Waals surface area contributed by atoms with Crippen LogP contribution in [0.3, 0.4) is 0 Å². The highest BCUT2D eigenvalue weighted by atomic mass is 35.5. The zero-order chi connectivity index (χ0) is 26.5. The van der Waals surface area contributed by atoms with E-state index >= 15 is 0 Å². The summed E-state index contributed by atoms with van der Waals surface area (Å²) in [6.45, 7) is 0.822. The van der Waals surface area contributed by atoms with Crippen LogP contribution in [0.4, 0.5) is 10.1 Å². The Morgan fingerprint density at radius 2 is 1.78 bits per heavy atom. The largest absolute Gasteiger partial charge is 0.352 e. The van der Waals surface area contributed by atoms with Crippen molar-refractivity contribution in [3.05, 3.63) is 63.9 Å². The lowest BCUT2D eigenvalue weighted by Crippen LogP contribution is -2.53. The summed E-state index contributed by atoms with van der Waals surface area (Å²) in [5, 5.41) is 3.72. The van der Waals surface area contributed by atoms with E-state index < -0.39 is 34.3 Å². The Balaban J connectivity index is 1.91. The number of carbonyl (C=O) groups excluding carboxylic acids is 2. The summed E-state index contributed by atoms with van der Waals surface area (Å²) in [6.07, 6.45) is 5.79. The Bertz CT molecular complexity index is 1210.